The fourth-order valence-corrected chi connectivity index (χ4v) is 3.30. The third kappa shape index (κ3) is 3.46. The Labute approximate surface area is 99.9 Å². The Morgan fingerprint density at radius 1 is 1.06 bits per heavy atom. The van der Waals surface area contributed by atoms with Gasteiger partial charge in [0.2, 0.25) is 0 Å². The molecule has 1 aliphatic heterocycles. The first-order valence-corrected chi connectivity index (χ1v) is 7.12. The highest BCUT2D eigenvalue weighted by Gasteiger charge is 2.32. The summed E-state index contributed by atoms with van der Waals surface area (Å²) in [4.78, 5) is 0. The van der Waals surface area contributed by atoms with E-state index in [1.165, 1.54) is 57.8 Å². The van der Waals surface area contributed by atoms with E-state index in [9.17, 15) is 0 Å². The molecule has 2 aliphatic rings. The molecule has 94 valence electrons. The van der Waals surface area contributed by atoms with Gasteiger partial charge in [-0.1, -0.05) is 32.1 Å². The maximum Gasteiger partial charge on any atom is 0.0597 e. The summed E-state index contributed by atoms with van der Waals surface area (Å²) in [6, 6.07) is 0. The Morgan fingerprint density at radius 3 is 2.25 bits per heavy atom. The minimum absolute atomic E-state index is 0.0785. The molecule has 2 rings (SSSR count). The Balaban J connectivity index is 1.84. The third-order valence-corrected chi connectivity index (χ3v) is 4.30. The van der Waals surface area contributed by atoms with Gasteiger partial charge >= 0.3 is 0 Å². The van der Waals surface area contributed by atoms with Crippen molar-refractivity contribution in [3.8, 4) is 0 Å². The van der Waals surface area contributed by atoms with Gasteiger partial charge in [0.05, 0.1) is 12.2 Å². The Kier molecular flexibility index (Phi) is 4.26. The van der Waals surface area contributed by atoms with Gasteiger partial charge in [-0.05, 0) is 39.0 Å². The van der Waals surface area contributed by atoms with Crippen LogP contribution in [0.4, 0.5) is 0 Å². The van der Waals surface area contributed by atoms with Crippen LogP contribution < -0.4 is 5.73 Å². The van der Waals surface area contributed by atoms with Gasteiger partial charge in [-0.3, -0.25) is 0 Å². The predicted molar refractivity (Wildman–Crippen MR) is 67.4 cm³/mol. The van der Waals surface area contributed by atoms with Crippen molar-refractivity contribution in [3.05, 3.63) is 0 Å². The highest BCUT2D eigenvalue weighted by molar-refractivity contribution is 4.89. The molecule has 0 amide bonds. The quantitative estimate of drug-likeness (QED) is 0.782. The molecule has 0 radical (unpaired) electrons. The molecule has 1 heterocycles. The number of nitrogens with two attached hydrogens (primary N) is 1. The van der Waals surface area contributed by atoms with Gasteiger partial charge in [-0.25, -0.2) is 0 Å². The summed E-state index contributed by atoms with van der Waals surface area (Å²) in [6.07, 6.45) is 13.7. The summed E-state index contributed by atoms with van der Waals surface area (Å²) in [5.74, 6) is 0. The zero-order chi connectivity index (χ0) is 11.4. The molecule has 2 atom stereocenters. The van der Waals surface area contributed by atoms with Gasteiger partial charge in [-0.2, -0.15) is 0 Å². The van der Waals surface area contributed by atoms with E-state index in [0.717, 1.165) is 6.42 Å². The van der Waals surface area contributed by atoms with Crippen LogP contribution in [0.1, 0.15) is 71.1 Å². The molecule has 1 aliphatic carbocycles. The fourth-order valence-electron chi connectivity index (χ4n) is 3.30. The average Bonchev–Trinajstić information content (AvgIpc) is 2.59. The molecule has 16 heavy (non-hydrogen) atoms. The average molecular weight is 225 g/mol. The van der Waals surface area contributed by atoms with Crippen molar-refractivity contribution in [1.82, 2.24) is 0 Å². The highest BCUT2D eigenvalue weighted by atomic mass is 16.5. The SMILES string of the molecule is CC1CCC(CC2(N)CCCCCCC2)O1. The van der Waals surface area contributed by atoms with Crippen LogP contribution in [0.2, 0.25) is 0 Å². The molecule has 0 bridgehead atoms. The van der Waals surface area contributed by atoms with Gasteiger partial charge in [0.15, 0.2) is 0 Å². The van der Waals surface area contributed by atoms with Crippen LogP contribution in [-0.2, 0) is 4.74 Å². The number of hydrogen-bond acceptors (Lipinski definition) is 2. The van der Waals surface area contributed by atoms with Gasteiger partial charge < -0.3 is 10.5 Å². The zero-order valence-electron chi connectivity index (χ0n) is 10.7. The Bertz CT molecular complexity index is 209. The predicted octanol–water partition coefficient (Wildman–Crippen LogP) is 3.39. The first-order chi connectivity index (χ1) is 7.68. The van der Waals surface area contributed by atoms with Crippen LogP contribution in [0, 0.1) is 0 Å². The molecule has 2 unspecified atom stereocenters. The molecule has 0 aromatic rings. The Morgan fingerprint density at radius 2 is 1.69 bits per heavy atom. The lowest BCUT2D eigenvalue weighted by atomic mass is 9.80. The van der Waals surface area contributed by atoms with E-state index >= 15 is 0 Å². The van der Waals surface area contributed by atoms with Crippen LogP contribution in [0.15, 0.2) is 0 Å². The summed E-state index contributed by atoms with van der Waals surface area (Å²) in [5, 5.41) is 0. The van der Waals surface area contributed by atoms with E-state index in [1.807, 2.05) is 0 Å². The van der Waals surface area contributed by atoms with Gasteiger partial charge in [-0.15, -0.1) is 0 Å². The molecule has 1 saturated heterocycles. The largest absolute Gasteiger partial charge is 0.375 e. The third-order valence-electron chi connectivity index (χ3n) is 4.30. The van der Waals surface area contributed by atoms with Crippen LogP contribution in [0.3, 0.4) is 0 Å². The van der Waals surface area contributed by atoms with Crippen LogP contribution in [-0.4, -0.2) is 17.7 Å². The number of hydrogen-bond donors (Lipinski definition) is 1. The molecule has 1 saturated carbocycles. The topological polar surface area (TPSA) is 35.2 Å². The second kappa shape index (κ2) is 5.50. The lowest BCUT2D eigenvalue weighted by Crippen LogP contribution is -2.43. The van der Waals surface area contributed by atoms with Crippen LogP contribution >= 0.6 is 0 Å². The van der Waals surface area contributed by atoms with Crippen molar-refractivity contribution in [3.63, 3.8) is 0 Å². The van der Waals surface area contributed by atoms with Crippen molar-refractivity contribution < 1.29 is 4.74 Å². The van der Waals surface area contributed by atoms with Crippen molar-refractivity contribution in [2.24, 2.45) is 5.73 Å². The van der Waals surface area contributed by atoms with Crippen molar-refractivity contribution in [2.45, 2.75) is 88.9 Å². The van der Waals surface area contributed by atoms with E-state index in [0.29, 0.717) is 12.2 Å². The number of rotatable bonds is 2. The van der Waals surface area contributed by atoms with E-state index in [1.54, 1.807) is 0 Å². The van der Waals surface area contributed by atoms with Gasteiger partial charge in [0.25, 0.3) is 0 Å². The molecule has 0 aromatic heterocycles. The molecule has 0 spiro atoms. The van der Waals surface area contributed by atoms with Crippen molar-refractivity contribution in [2.75, 3.05) is 0 Å². The first-order valence-electron chi connectivity index (χ1n) is 7.12. The lowest BCUT2D eigenvalue weighted by Gasteiger charge is -2.33. The van der Waals surface area contributed by atoms with Gasteiger partial charge in [0, 0.05) is 5.54 Å². The second-order valence-corrected chi connectivity index (χ2v) is 5.98. The Hall–Kier alpha value is -0.0800. The molecular weight excluding hydrogens is 198 g/mol. The lowest BCUT2D eigenvalue weighted by molar-refractivity contribution is 0.0330. The standard InChI is InChI=1S/C14H27NO/c1-12-7-8-13(16-12)11-14(15)9-5-3-2-4-6-10-14/h12-13H,2-11,15H2,1H3. The molecule has 2 N–H and O–H groups in total. The van der Waals surface area contributed by atoms with E-state index in [2.05, 4.69) is 6.92 Å². The maximum absolute atomic E-state index is 6.57. The van der Waals surface area contributed by atoms with Crippen molar-refractivity contribution in [1.29, 1.82) is 0 Å². The first kappa shape index (κ1) is 12.4. The fraction of sp³-hybridized carbons (Fsp3) is 1.00. The summed E-state index contributed by atoms with van der Waals surface area (Å²) >= 11 is 0. The molecule has 0 aromatic carbocycles. The summed E-state index contributed by atoms with van der Waals surface area (Å²) in [7, 11) is 0. The summed E-state index contributed by atoms with van der Waals surface area (Å²) < 4.78 is 5.92. The second-order valence-electron chi connectivity index (χ2n) is 5.98. The number of ether oxygens (including phenoxy) is 1. The molecule has 2 nitrogen and oxygen atoms in total. The van der Waals surface area contributed by atoms with Crippen LogP contribution in [0.5, 0.6) is 0 Å². The highest BCUT2D eigenvalue weighted by Crippen LogP contribution is 2.32. The summed E-state index contributed by atoms with van der Waals surface area (Å²) in [5.41, 5.74) is 6.65. The molecule has 2 heteroatoms. The van der Waals surface area contributed by atoms with E-state index < -0.39 is 0 Å². The van der Waals surface area contributed by atoms with Crippen molar-refractivity contribution >= 4 is 0 Å². The van der Waals surface area contributed by atoms with Gasteiger partial charge in [0.1, 0.15) is 0 Å². The van der Waals surface area contributed by atoms with Crippen LogP contribution in [0.25, 0.3) is 0 Å². The van der Waals surface area contributed by atoms with E-state index in [4.69, 9.17) is 10.5 Å². The maximum atomic E-state index is 6.57. The monoisotopic (exact) mass is 225 g/mol. The normalized spacial score (nSPS) is 35.6. The van der Waals surface area contributed by atoms with E-state index in [-0.39, 0.29) is 5.54 Å². The minimum Gasteiger partial charge on any atom is -0.375 e. The summed E-state index contributed by atoms with van der Waals surface area (Å²) in [6.45, 7) is 2.18. The zero-order valence-corrected chi connectivity index (χ0v) is 10.7. The smallest absolute Gasteiger partial charge is 0.0597 e. The minimum atomic E-state index is 0.0785. The molecule has 2 fully saturated rings. The molecular formula is C14H27NO.